The van der Waals surface area contributed by atoms with Gasteiger partial charge < -0.3 is 15.2 Å². The van der Waals surface area contributed by atoms with Gasteiger partial charge in [-0.2, -0.15) is 8.78 Å². The average Bonchev–Trinajstić information content (AvgIpc) is 2.27. The van der Waals surface area contributed by atoms with Crippen molar-refractivity contribution >= 4 is 11.9 Å². The molecule has 0 radical (unpaired) electrons. The molecule has 0 aliphatic carbocycles. The summed E-state index contributed by atoms with van der Waals surface area (Å²) in [6, 6.07) is 4.59. The number of aliphatic carboxylic acids is 1. The number of carbonyl (C=O) groups excluding carboxylic acids is 1. The van der Waals surface area contributed by atoms with Crippen LogP contribution in [0.3, 0.4) is 0 Å². The van der Waals surface area contributed by atoms with Crippen LogP contribution in [0.4, 0.5) is 8.78 Å². The molecular formula is C12H13F2NO4. The van der Waals surface area contributed by atoms with Crippen molar-refractivity contribution < 1.29 is 28.2 Å². The lowest BCUT2D eigenvalue weighted by Gasteiger charge is -2.11. The second-order valence-corrected chi connectivity index (χ2v) is 3.88. The number of ether oxygens (including phenoxy) is 1. The Labute approximate surface area is 108 Å². The predicted octanol–water partition coefficient (Wildman–Crippen LogP) is 1.88. The van der Waals surface area contributed by atoms with Crippen molar-refractivity contribution in [2.24, 2.45) is 0 Å². The zero-order valence-corrected chi connectivity index (χ0v) is 10.1. The molecule has 7 heteroatoms. The smallest absolute Gasteiger partial charge is 0.387 e. The molecule has 0 aliphatic heterocycles. The number of carboxylic acids is 1. The van der Waals surface area contributed by atoms with E-state index in [9.17, 15) is 18.4 Å². The first-order valence-electron chi connectivity index (χ1n) is 5.46. The highest BCUT2D eigenvalue weighted by Gasteiger charge is 2.13. The highest BCUT2D eigenvalue weighted by Crippen LogP contribution is 2.14. The first-order chi connectivity index (χ1) is 8.88. The first kappa shape index (κ1) is 14.9. The molecule has 1 atom stereocenters. The summed E-state index contributed by atoms with van der Waals surface area (Å²) in [6.45, 7) is -1.37. The van der Waals surface area contributed by atoms with Crippen LogP contribution in [0.15, 0.2) is 24.3 Å². The van der Waals surface area contributed by atoms with Crippen LogP contribution in [0, 0.1) is 0 Å². The van der Waals surface area contributed by atoms with Gasteiger partial charge in [0.25, 0.3) is 5.91 Å². The van der Waals surface area contributed by atoms with Crippen molar-refractivity contribution in [3.05, 3.63) is 29.8 Å². The number of benzene rings is 1. The van der Waals surface area contributed by atoms with Crippen molar-refractivity contribution in [3.8, 4) is 5.75 Å². The molecule has 1 rings (SSSR count). The summed E-state index contributed by atoms with van der Waals surface area (Å²) >= 11 is 0. The van der Waals surface area contributed by atoms with Gasteiger partial charge in [0.05, 0.1) is 6.42 Å². The van der Waals surface area contributed by atoms with Crippen molar-refractivity contribution in [2.45, 2.75) is 26.0 Å². The fraction of sp³-hybridized carbons (Fsp3) is 0.333. The molecular weight excluding hydrogens is 260 g/mol. The van der Waals surface area contributed by atoms with Crippen LogP contribution in [0.1, 0.15) is 23.7 Å². The van der Waals surface area contributed by atoms with E-state index in [0.717, 1.165) is 0 Å². The van der Waals surface area contributed by atoms with Gasteiger partial charge in [-0.3, -0.25) is 9.59 Å². The van der Waals surface area contributed by atoms with Gasteiger partial charge in [0.2, 0.25) is 0 Å². The number of rotatable bonds is 6. The molecule has 0 heterocycles. The van der Waals surface area contributed by atoms with Gasteiger partial charge in [0.15, 0.2) is 0 Å². The minimum absolute atomic E-state index is 0.0508. The topological polar surface area (TPSA) is 75.6 Å². The standard InChI is InChI=1S/C12H13F2NO4/c1-7(6-10(16)17)15-11(18)8-2-4-9(5-3-8)19-12(13)14/h2-5,7,12H,6H2,1H3,(H,15,18)(H,16,17). The SMILES string of the molecule is CC(CC(=O)O)NC(=O)c1ccc(OC(F)F)cc1. The summed E-state index contributed by atoms with van der Waals surface area (Å²) in [5, 5.41) is 11.0. The largest absolute Gasteiger partial charge is 0.481 e. The van der Waals surface area contributed by atoms with Crippen LogP contribution in [0.25, 0.3) is 0 Å². The van der Waals surface area contributed by atoms with Crippen molar-refractivity contribution in [3.63, 3.8) is 0 Å². The van der Waals surface area contributed by atoms with E-state index in [1.807, 2.05) is 0 Å². The van der Waals surface area contributed by atoms with E-state index < -0.39 is 24.5 Å². The molecule has 0 aromatic heterocycles. The molecule has 5 nitrogen and oxygen atoms in total. The van der Waals surface area contributed by atoms with Gasteiger partial charge in [-0.1, -0.05) is 0 Å². The van der Waals surface area contributed by atoms with Crippen LogP contribution < -0.4 is 10.1 Å². The molecule has 2 N–H and O–H groups in total. The number of carboxylic acid groups (broad SMARTS) is 1. The molecule has 19 heavy (non-hydrogen) atoms. The maximum absolute atomic E-state index is 11.9. The number of nitrogens with one attached hydrogen (secondary N) is 1. The minimum atomic E-state index is -2.92. The van der Waals surface area contributed by atoms with Crippen molar-refractivity contribution in [1.82, 2.24) is 5.32 Å². The third kappa shape index (κ3) is 5.33. The van der Waals surface area contributed by atoms with E-state index in [1.54, 1.807) is 6.92 Å². The Kier molecular flexibility index (Phi) is 5.23. The molecule has 0 aliphatic rings. The van der Waals surface area contributed by atoms with Gasteiger partial charge in [-0.15, -0.1) is 0 Å². The summed E-state index contributed by atoms with van der Waals surface area (Å²) in [5.41, 5.74) is 0.235. The lowest BCUT2D eigenvalue weighted by atomic mass is 10.1. The Bertz CT molecular complexity index is 448. The van der Waals surface area contributed by atoms with Crippen LogP contribution in [-0.4, -0.2) is 29.6 Å². The molecule has 0 spiro atoms. The highest BCUT2D eigenvalue weighted by atomic mass is 19.3. The normalized spacial score (nSPS) is 12.0. The fourth-order valence-electron chi connectivity index (χ4n) is 1.41. The zero-order valence-electron chi connectivity index (χ0n) is 10.1. The van der Waals surface area contributed by atoms with Gasteiger partial charge in [-0.05, 0) is 31.2 Å². The Hall–Kier alpha value is -2.18. The highest BCUT2D eigenvalue weighted by molar-refractivity contribution is 5.94. The molecule has 1 aromatic rings. The zero-order chi connectivity index (χ0) is 14.4. The summed E-state index contributed by atoms with van der Waals surface area (Å²) in [7, 11) is 0. The van der Waals surface area contributed by atoms with Crippen LogP contribution >= 0.6 is 0 Å². The van der Waals surface area contributed by atoms with Crippen LogP contribution in [0.2, 0.25) is 0 Å². The molecule has 1 unspecified atom stereocenters. The number of hydrogen-bond acceptors (Lipinski definition) is 3. The van der Waals surface area contributed by atoms with Crippen LogP contribution in [0.5, 0.6) is 5.75 Å². The third-order valence-corrected chi connectivity index (χ3v) is 2.20. The molecule has 0 bridgehead atoms. The fourth-order valence-corrected chi connectivity index (χ4v) is 1.41. The molecule has 1 aromatic carbocycles. The number of alkyl halides is 2. The monoisotopic (exact) mass is 273 g/mol. The first-order valence-corrected chi connectivity index (χ1v) is 5.46. The molecule has 0 saturated heterocycles. The van der Waals surface area contributed by atoms with E-state index in [4.69, 9.17) is 5.11 Å². The second kappa shape index (κ2) is 6.67. The summed E-state index contributed by atoms with van der Waals surface area (Å²) in [4.78, 5) is 22.1. The average molecular weight is 273 g/mol. The molecule has 104 valence electrons. The Morgan fingerprint density at radius 3 is 2.37 bits per heavy atom. The lowest BCUT2D eigenvalue weighted by molar-refractivity contribution is -0.137. The van der Waals surface area contributed by atoms with E-state index in [2.05, 4.69) is 10.1 Å². The number of halogens is 2. The van der Waals surface area contributed by atoms with E-state index in [0.29, 0.717) is 0 Å². The number of amides is 1. The summed E-state index contributed by atoms with van der Waals surface area (Å²) in [5.74, 6) is -1.55. The van der Waals surface area contributed by atoms with Crippen LogP contribution in [-0.2, 0) is 4.79 Å². The Morgan fingerprint density at radius 1 is 1.32 bits per heavy atom. The third-order valence-electron chi connectivity index (χ3n) is 2.20. The number of carbonyl (C=O) groups is 2. The minimum Gasteiger partial charge on any atom is -0.481 e. The van der Waals surface area contributed by atoms with Gasteiger partial charge >= 0.3 is 12.6 Å². The Balaban J connectivity index is 2.60. The lowest BCUT2D eigenvalue weighted by Crippen LogP contribution is -2.34. The summed E-state index contributed by atoms with van der Waals surface area (Å²) < 4.78 is 28.0. The number of hydrogen-bond donors (Lipinski definition) is 2. The Morgan fingerprint density at radius 2 is 1.89 bits per heavy atom. The van der Waals surface area contributed by atoms with E-state index in [1.165, 1.54) is 24.3 Å². The van der Waals surface area contributed by atoms with Gasteiger partial charge in [0, 0.05) is 11.6 Å². The molecule has 0 fully saturated rings. The quantitative estimate of drug-likeness (QED) is 0.829. The van der Waals surface area contributed by atoms with Gasteiger partial charge in [-0.25, -0.2) is 0 Å². The van der Waals surface area contributed by atoms with E-state index in [-0.39, 0.29) is 17.7 Å². The predicted molar refractivity (Wildman–Crippen MR) is 62.3 cm³/mol. The van der Waals surface area contributed by atoms with Crippen molar-refractivity contribution in [2.75, 3.05) is 0 Å². The molecule has 0 saturated carbocycles. The maximum Gasteiger partial charge on any atom is 0.387 e. The summed E-state index contributed by atoms with van der Waals surface area (Å²) in [6.07, 6.45) is -0.196. The molecule has 1 amide bonds. The van der Waals surface area contributed by atoms with E-state index >= 15 is 0 Å². The van der Waals surface area contributed by atoms with Gasteiger partial charge in [0.1, 0.15) is 5.75 Å². The maximum atomic E-state index is 11.9. The second-order valence-electron chi connectivity index (χ2n) is 3.88. The van der Waals surface area contributed by atoms with Crippen molar-refractivity contribution in [1.29, 1.82) is 0 Å².